The third-order valence-electron chi connectivity index (χ3n) is 7.88. The minimum absolute atomic E-state index is 0.0378. The van der Waals surface area contributed by atoms with Crippen LogP contribution in [0.1, 0.15) is 34.5 Å². The number of alkyl halides is 2. The van der Waals surface area contributed by atoms with Crippen LogP contribution in [0.15, 0.2) is 41.2 Å². The quantitative estimate of drug-likeness (QED) is 0.451. The summed E-state index contributed by atoms with van der Waals surface area (Å²) < 4.78 is 27.0. The van der Waals surface area contributed by atoms with Crippen LogP contribution in [-0.4, -0.2) is 64.5 Å². The molecule has 5 rings (SSSR count). The molecule has 3 aromatic rings. The molecule has 206 valence electrons. The van der Waals surface area contributed by atoms with E-state index in [-0.39, 0.29) is 40.8 Å². The normalized spacial score (nSPS) is 20.7. The molecule has 1 aliphatic carbocycles. The summed E-state index contributed by atoms with van der Waals surface area (Å²) in [5.41, 5.74) is 2.56. The lowest BCUT2D eigenvalue weighted by Gasteiger charge is -2.25. The van der Waals surface area contributed by atoms with E-state index in [9.17, 15) is 28.3 Å². The molecule has 4 atom stereocenters. The first kappa shape index (κ1) is 26.6. The standard InChI is InChI=1S/C28H31F2N5O4/c1-14-9-17(15(2)31-21-8-6-5-7-16(21)27(38)39)24-18(10-14)25(36)34(4)28(32-24)35-11-19-20(12-35)23(19)26(37)33(3)13-22(29)30/h5-10,15,19-20,22-23,31H,11-13H2,1-4H3,(H,38,39)/t15?,19-,20+,23-. The molecule has 0 bridgehead atoms. The summed E-state index contributed by atoms with van der Waals surface area (Å²) in [6.45, 7) is 4.23. The maximum Gasteiger partial charge on any atom is 0.337 e. The molecule has 2 heterocycles. The Morgan fingerprint density at radius 2 is 1.87 bits per heavy atom. The zero-order valence-corrected chi connectivity index (χ0v) is 22.2. The smallest absolute Gasteiger partial charge is 0.337 e. The molecule has 1 saturated heterocycles. The van der Waals surface area contributed by atoms with Gasteiger partial charge in [0.1, 0.15) is 0 Å². The van der Waals surface area contributed by atoms with Gasteiger partial charge in [0.15, 0.2) is 0 Å². The number of hydrogen-bond donors (Lipinski definition) is 2. The summed E-state index contributed by atoms with van der Waals surface area (Å²) in [4.78, 5) is 45.8. The lowest BCUT2D eigenvalue weighted by molar-refractivity contribution is -0.133. The molecule has 1 amide bonds. The van der Waals surface area contributed by atoms with Gasteiger partial charge in [-0.2, -0.15) is 0 Å². The fraction of sp³-hybridized carbons (Fsp3) is 0.429. The zero-order valence-electron chi connectivity index (χ0n) is 22.2. The second-order valence-corrected chi connectivity index (χ2v) is 10.6. The fourth-order valence-electron chi connectivity index (χ4n) is 5.87. The molecule has 0 spiro atoms. The van der Waals surface area contributed by atoms with E-state index in [0.717, 1.165) is 16.0 Å². The van der Waals surface area contributed by atoms with Crippen molar-refractivity contribution in [2.24, 2.45) is 24.8 Å². The number of hydrogen-bond acceptors (Lipinski definition) is 6. The number of carboxylic acid groups (broad SMARTS) is 1. The molecule has 2 aliphatic rings. The summed E-state index contributed by atoms with van der Waals surface area (Å²) in [5.74, 6) is -1.02. The number of benzene rings is 2. The van der Waals surface area contributed by atoms with Crippen LogP contribution in [0.5, 0.6) is 0 Å². The highest BCUT2D eigenvalue weighted by molar-refractivity contribution is 5.94. The van der Waals surface area contributed by atoms with E-state index in [1.54, 1.807) is 31.3 Å². The van der Waals surface area contributed by atoms with Gasteiger partial charge in [-0.25, -0.2) is 18.6 Å². The number of carboxylic acids is 1. The fourth-order valence-corrected chi connectivity index (χ4v) is 5.87. The van der Waals surface area contributed by atoms with Gasteiger partial charge < -0.3 is 20.2 Å². The van der Waals surface area contributed by atoms with Gasteiger partial charge in [0, 0.05) is 44.4 Å². The molecule has 1 aliphatic heterocycles. The average molecular weight is 540 g/mol. The number of anilines is 2. The molecule has 1 unspecified atom stereocenters. The number of halogens is 2. The molecule has 11 heteroatoms. The zero-order chi connectivity index (χ0) is 28.2. The second-order valence-electron chi connectivity index (χ2n) is 10.6. The summed E-state index contributed by atoms with van der Waals surface area (Å²) in [7, 11) is 3.07. The molecule has 2 N–H and O–H groups in total. The number of nitrogens with one attached hydrogen (secondary N) is 1. The van der Waals surface area contributed by atoms with Crippen LogP contribution in [-0.2, 0) is 11.8 Å². The number of nitrogens with zero attached hydrogens (tertiary/aromatic N) is 4. The van der Waals surface area contributed by atoms with Gasteiger partial charge in [0.2, 0.25) is 11.9 Å². The van der Waals surface area contributed by atoms with E-state index in [2.05, 4.69) is 5.32 Å². The third kappa shape index (κ3) is 4.81. The monoisotopic (exact) mass is 539 g/mol. The molecular formula is C28H31F2N5O4. The van der Waals surface area contributed by atoms with E-state index in [0.29, 0.717) is 35.6 Å². The Kier molecular flexibility index (Phi) is 6.77. The topological polar surface area (TPSA) is 108 Å². The summed E-state index contributed by atoms with van der Waals surface area (Å²) in [5, 5.41) is 13.3. The predicted molar refractivity (Wildman–Crippen MR) is 143 cm³/mol. The summed E-state index contributed by atoms with van der Waals surface area (Å²) in [6.07, 6.45) is -2.57. The van der Waals surface area contributed by atoms with Crippen molar-refractivity contribution in [1.29, 1.82) is 0 Å². The van der Waals surface area contributed by atoms with Gasteiger partial charge in [-0.15, -0.1) is 0 Å². The van der Waals surface area contributed by atoms with E-state index >= 15 is 0 Å². The molecule has 2 fully saturated rings. The number of aromatic carboxylic acids is 1. The number of carbonyl (C=O) groups excluding carboxylic acids is 1. The van der Waals surface area contributed by atoms with Crippen LogP contribution in [0.2, 0.25) is 0 Å². The van der Waals surface area contributed by atoms with Gasteiger partial charge in [0.05, 0.1) is 29.1 Å². The Morgan fingerprint density at radius 3 is 2.51 bits per heavy atom. The number of fused-ring (bicyclic) bond motifs is 2. The van der Waals surface area contributed by atoms with Crippen molar-refractivity contribution in [3.63, 3.8) is 0 Å². The Bertz CT molecular complexity index is 1510. The van der Waals surface area contributed by atoms with Gasteiger partial charge in [0.25, 0.3) is 12.0 Å². The average Bonchev–Trinajstić information content (AvgIpc) is 3.37. The second kappa shape index (κ2) is 9.94. The first-order valence-corrected chi connectivity index (χ1v) is 12.9. The van der Waals surface area contributed by atoms with Crippen molar-refractivity contribution in [3.8, 4) is 0 Å². The largest absolute Gasteiger partial charge is 0.478 e. The highest BCUT2D eigenvalue weighted by Crippen LogP contribution is 2.53. The molecule has 1 aromatic heterocycles. The van der Waals surface area contributed by atoms with Gasteiger partial charge >= 0.3 is 5.97 Å². The van der Waals surface area contributed by atoms with E-state index in [1.165, 1.54) is 17.7 Å². The molecular weight excluding hydrogens is 508 g/mol. The van der Waals surface area contributed by atoms with Gasteiger partial charge in [-0.1, -0.05) is 18.2 Å². The molecule has 9 nitrogen and oxygen atoms in total. The van der Waals surface area contributed by atoms with Crippen molar-refractivity contribution in [1.82, 2.24) is 14.5 Å². The van der Waals surface area contributed by atoms with E-state index < -0.39 is 18.9 Å². The minimum Gasteiger partial charge on any atom is -0.478 e. The SMILES string of the molecule is Cc1cc(C(C)Nc2ccccc2C(=O)O)c2nc(N3C[C@@H]4[C@H](C3)[C@@H]4C(=O)N(C)CC(F)F)n(C)c(=O)c2c1. The summed E-state index contributed by atoms with van der Waals surface area (Å²) >= 11 is 0. The number of para-hydroxylation sites is 1. The number of amides is 1. The molecule has 2 aromatic carbocycles. The Labute approximate surface area is 224 Å². The molecule has 39 heavy (non-hydrogen) atoms. The van der Waals surface area contributed by atoms with Gasteiger partial charge in [-0.3, -0.25) is 14.2 Å². The van der Waals surface area contributed by atoms with Crippen LogP contribution < -0.4 is 15.8 Å². The number of carbonyl (C=O) groups is 2. The maximum atomic E-state index is 13.5. The number of piperidine rings is 1. The highest BCUT2D eigenvalue weighted by atomic mass is 19.3. The van der Waals surface area contributed by atoms with Crippen LogP contribution in [0.25, 0.3) is 10.9 Å². The Balaban J connectivity index is 1.44. The number of aromatic nitrogens is 2. The van der Waals surface area contributed by atoms with Crippen LogP contribution in [0.3, 0.4) is 0 Å². The van der Waals surface area contributed by atoms with Gasteiger partial charge in [-0.05, 0) is 49.4 Å². The molecule has 1 saturated carbocycles. The van der Waals surface area contributed by atoms with Crippen molar-refractivity contribution >= 4 is 34.4 Å². The maximum absolute atomic E-state index is 13.5. The number of rotatable bonds is 8. The third-order valence-corrected chi connectivity index (χ3v) is 7.88. The lowest BCUT2D eigenvalue weighted by atomic mass is 10.0. The summed E-state index contributed by atoms with van der Waals surface area (Å²) in [6, 6.07) is 10.0. The first-order chi connectivity index (χ1) is 18.5. The lowest BCUT2D eigenvalue weighted by Crippen LogP contribution is -2.37. The van der Waals surface area contributed by atoms with Crippen LogP contribution in [0.4, 0.5) is 20.4 Å². The van der Waals surface area contributed by atoms with Crippen LogP contribution in [0, 0.1) is 24.7 Å². The van der Waals surface area contributed by atoms with Crippen molar-refractivity contribution in [2.45, 2.75) is 26.3 Å². The van der Waals surface area contributed by atoms with Crippen LogP contribution >= 0.6 is 0 Å². The Hall–Kier alpha value is -4.02. The van der Waals surface area contributed by atoms with Crippen molar-refractivity contribution in [2.75, 3.05) is 36.9 Å². The van der Waals surface area contributed by atoms with Crippen molar-refractivity contribution < 1.29 is 23.5 Å². The first-order valence-electron chi connectivity index (χ1n) is 12.9. The Morgan fingerprint density at radius 1 is 1.21 bits per heavy atom. The minimum atomic E-state index is -2.57. The molecule has 0 radical (unpaired) electrons. The van der Waals surface area contributed by atoms with E-state index in [4.69, 9.17) is 4.98 Å². The highest BCUT2D eigenvalue weighted by Gasteiger charge is 2.60. The number of aryl methyl sites for hydroxylation is 1. The van der Waals surface area contributed by atoms with Crippen molar-refractivity contribution in [3.05, 3.63) is 63.4 Å². The van der Waals surface area contributed by atoms with E-state index in [1.807, 2.05) is 24.8 Å². The predicted octanol–water partition coefficient (Wildman–Crippen LogP) is 3.52.